The van der Waals surface area contributed by atoms with Crippen molar-refractivity contribution in [1.29, 1.82) is 0 Å². The fraction of sp³-hybridized carbons (Fsp3) is 0.556. The van der Waals surface area contributed by atoms with E-state index in [9.17, 15) is 9.90 Å². The highest BCUT2D eigenvalue weighted by Gasteiger charge is 2.08. The van der Waals surface area contributed by atoms with Gasteiger partial charge in [-0.2, -0.15) is 0 Å². The third-order valence-electron chi connectivity index (χ3n) is 1.73. The Labute approximate surface area is 86.6 Å². The molecule has 1 unspecified atom stereocenters. The highest BCUT2D eigenvalue weighted by Crippen LogP contribution is 2.20. The maximum Gasteiger partial charge on any atom is 0.305 e. The molecule has 1 atom stereocenters. The monoisotopic (exact) mass is 215 g/mol. The van der Waals surface area contributed by atoms with Gasteiger partial charge in [0.15, 0.2) is 0 Å². The lowest BCUT2D eigenvalue weighted by Gasteiger charge is -1.96. The largest absolute Gasteiger partial charge is 0.469 e. The fourth-order valence-corrected chi connectivity index (χ4v) is 1.81. The van der Waals surface area contributed by atoms with Crippen molar-refractivity contribution in [2.75, 3.05) is 7.11 Å². The number of hydrogen-bond donors (Lipinski definition) is 1. The zero-order valence-corrected chi connectivity index (χ0v) is 9.00. The van der Waals surface area contributed by atoms with Gasteiger partial charge < -0.3 is 9.84 Å². The van der Waals surface area contributed by atoms with Gasteiger partial charge in [-0.05, 0) is 13.3 Å². The minimum atomic E-state index is -0.535. The summed E-state index contributed by atoms with van der Waals surface area (Å²) in [7, 11) is 1.37. The Kier molecular flexibility index (Phi) is 4.03. The van der Waals surface area contributed by atoms with Crippen LogP contribution in [0.3, 0.4) is 0 Å². The molecular weight excluding hydrogens is 202 g/mol. The number of carbonyl (C=O) groups is 1. The van der Waals surface area contributed by atoms with E-state index in [1.54, 1.807) is 13.1 Å². The average molecular weight is 215 g/mol. The van der Waals surface area contributed by atoms with Crippen LogP contribution in [-0.4, -0.2) is 23.2 Å². The number of hydrogen-bond acceptors (Lipinski definition) is 5. The van der Waals surface area contributed by atoms with Crippen molar-refractivity contribution in [3.63, 3.8) is 0 Å². The maximum atomic E-state index is 10.8. The number of carbonyl (C=O) groups excluding carboxylic acids is 1. The van der Waals surface area contributed by atoms with E-state index in [4.69, 9.17) is 0 Å². The molecular formula is C9H13NO3S. The second kappa shape index (κ2) is 5.07. The second-order valence-electron chi connectivity index (χ2n) is 2.92. The van der Waals surface area contributed by atoms with Crippen molar-refractivity contribution in [2.45, 2.75) is 25.9 Å². The number of aryl methyl sites for hydroxylation is 1. The predicted molar refractivity (Wildman–Crippen MR) is 53.1 cm³/mol. The summed E-state index contributed by atoms with van der Waals surface area (Å²) in [5.74, 6) is -0.225. The lowest BCUT2D eigenvalue weighted by Crippen LogP contribution is -2.00. The average Bonchev–Trinajstić information content (AvgIpc) is 2.62. The predicted octanol–water partition coefficient (Wildman–Crippen LogP) is 1.30. The molecule has 1 aromatic rings. The van der Waals surface area contributed by atoms with Crippen LogP contribution in [-0.2, 0) is 16.0 Å². The van der Waals surface area contributed by atoms with E-state index in [0.29, 0.717) is 17.8 Å². The van der Waals surface area contributed by atoms with E-state index in [0.717, 1.165) is 4.88 Å². The molecule has 0 aromatic carbocycles. The smallest absolute Gasteiger partial charge is 0.305 e. The SMILES string of the molecule is COC(=O)CCc1cnc(C(C)O)s1. The number of methoxy groups -OCH3 is 1. The molecule has 1 heterocycles. The Bertz CT molecular complexity index is 309. The van der Waals surface area contributed by atoms with E-state index in [1.807, 2.05) is 0 Å². The summed E-state index contributed by atoms with van der Waals surface area (Å²) in [6.07, 6.45) is 2.14. The van der Waals surface area contributed by atoms with Gasteiger partial charge in [-0.1, -0.05) is 0 Å². The highest BCUT2D eigenvalue weighted by molar-refractivity contribution is 7.11. The zero-order valence-electron chi connectivity index (χ0n) is 8.19. The van der Waals surface area contributed by atoms with Gasteiger partial charge in [-0.3, -0.25) is 4.79 Å². The number of ether oxygens (including phenoxy) is 1. The first-order chi connectivity index (χ1) is 6.63. The van der Waals surface area contributed by atoms with E-state index in [1.165, 1.54) is 18.4 Å². The van der Waals surface area contributed by atoms with Gasteiger partial charge in [0.1, 0.15) is 11.1 Å². The van der Waals surface area contributed by atoms with Crippen LogP contribution in [0, 0.1) is 0 Å². The quantitative estimate of drug-likeness (QED) is 0.769. The van der Waals surface area contributed by atoms with Crippen LogP contribution >= 0.6 is 11.3 Å². The minimum Gasteiger partial charge on any atom is -0.469 e. The van der Waals surface area contributed by atoms with Gasteiger partial charge in [0.25, 0.3) is 0 Å². The topological polar surface area (TPSA) is 59.4 Å². The molecule has 1 rings (SSSR count). The van der Waals surface area contributed by atoms with Crippen molar-refractivity contribution >= 4 is 17.3 Å². The fourth-order valence-electron chi connectivity index (χ4n) is 0.959. The van der Waals surface area contributed by atoms with Crippen LogP contribution < -0.4 is 0 Å². The lowest BCUT2D eigenvalue weighted by atomic mass is 10.3. The summed E-state index contributed by atoms with van der Waals surface area (Å²) in [4.78, 5) is 15.9. The van der Waals surface area contributed by atoms with Gasteiger partial charge >= 0.3 is 5.97 Å². The summed E-state index contributed by atoms with van der Waals surface area (Å²) in [6, 6.07) is 0. The van der Waals surface area contributed by atoms with Crippen LogP contribution in [0.25, 0.3) is 0 Å². The van der Waals surface area contributed by atoms with Crippen LogP contribution in [0.5, 0.6) is 0 Å². The van der Waals surface area contributed by atoms with Crippen LogP contribution in [0.2, 0.25) is 0 Å². The third kappa shape index (κ3) is 3.08. The first-order valence-corrected chi connectivity index (χ1v) is 5.14. The van der Waals surface area contributed by atoms with Crippen LogP contribution in [0.1, 0.15) is 29.3 Å². The summed E-state index contributed by atoms with van der Waals surface area (Å²) in [5, 5.41) is 9.90. The molecule has 0 saturated heterocycles. The van der Waals surface area contributed by atoms with Gasteiger partial charge in [-0.15, -0.1) is 11.3 Å². The zero-order chi connectivity index (χ0) is 10.6. The Morgan fingerprint density at radius 1 is 1.79 bits per heavy atom. The van der Waals surface area contributed by atoms with Crippen LogP contribution in [0.15, 0.2) is 6.20 Å². The van der Waals surface area contributed by atoms with Crippen molar-refractivity contribution in [2.24, 2.45) is 0 Å². The Morgan fingerprint density at radius 3 is 3.00 bits per heavy atom. The van der Waals surface area contributed by atoms with Gasteiger partial charge in [0, 0.05) is 11.1 Å². The molecule has 78 valence electrons. The molecule has 0 aliphatic carbocycles. The summed E-state index contributed by atoms with van der Waals surface area (Å²) in [6.45, 7) is 1.67. The normalized spacial score (nSPS) is 12.5. The Balaban J connectivity index is 2.48. The molecule has 0 fully saturated rings. The molecule has 5 heteroatoms. The van der Waals surface area contributed by atoms with E-state index in [2.05, 4.69) is 9.72 Å². The first-order valence-electron chi connectivity index (χ1n) is 4.33. The summed E-state index contributed by atoms with van der Waals surface area (Å²) >= 11 is 1.42. The molecule has 0 spiro atoms. The minimum absolute atomic E-state index is 0.225. The summed E-state index contributed by atoms with van der Waals surface area (Å²) < 4.78 is 4.52. The third-order valence-corrected chi connectivity index (χ3v) is 2.96. The molecule has 0 bridgehead atoms. The lowest BCUT2D eigenvalue weighted by molar-refractivity contribution is -0.140. The molecule has 0 saturated carbocycles. The van der Waals surface area contributed by atoms with E-state index in [-0.39, 0.29) is 5.97 Å². The van der Waals surface area contributed by atoms with E-state index < -0.39 is 6.10 Å². The molecule has 1 aromatic heterocycles. The molecule has 0 aliphatic heterocycles. The number of esters is 1. The Hall–Kier alpha value is -0.940. The maximum absolute atomic E-state index is 10.8. The van der Waals surface area contributed by atoms with Gasteiger partial charge in [0.2, 0.25) is 0 Å². The van der Waals surface area contributed by atoms with Crippen molar-refractivity contribution in [3.05, 3.63) is 16.1 Å². The number of thiazole rings is 1. The molecule has 14 heavy (non-hydrogen) atoms. The summed E-state index contributed by atoms with van der Waals surface area (Å²) in [5.41, 5.74) is 0. The van der Waals surface area contributed by atoms with Crippen LogP contribution in [0.4, 0.5) is 0 Å². The number of rotatable bonds is 4. The van der Waals surface area contributed by atoms with Gasteiger partial charge in [-0.25, -0.2) is 4.98 Å². The van der Waals surface area contributed by atoms with Crippen molar-refractivity contribution in [1.82, 2.24) is 4.98 Å². The van der Waals surface area contributed by atoms with Crippen molar-refractivity contribution < 1.29 is 14.6 Å². The molecule has 0 radical (unpaired) electrons. The highest BCUT2D eigenvalue weighted by atomic mass is 32.1. The molecule has 1 N–H and O–H groups in total. The van der Waals surface area contributed by atoms with Crippen molar-refractivity contribution in [3.8, 4) is 0 Å². The first kappa shape index (κ1) is 11.1. The second-order valence-corrected chi connectivity index (χ2v) is 4.06. The molecule has 4 nitrogen and oxygen atoms in total. The van der Waals surface area contributed by atoms with Gasteiger partial charge in [0.05, 0.1) is 13.5 Å². The number of aromatic nitrogens is 1. The Morgan fingerprint density at radius 2 is 2.50 bits per heavy atom. The molecule has 0 aliphatic rings. The number of nitrogens with zero attached hydrogens (tertiary/aromatic N) is 1. The standard InChI is InChI=1S/C9H13NO3S/c1-6(11)9-10-5-7(14-9)3-4-8(12)13-2/h5-6,11H,3-4H2,1-2H3. The van der Waals surface area contributed by atoms with E-state index >= 15 is 0 Å². The number of aliphatic hydroxyl groups excluding tert-OH is 1. The molecule has 0 amide bonds. The number of aliphatic hydroxyl groups is 1.